The average molecular weight is 358 g/mol. The van der Waals surface area contributed by atoms with Gasteiger partial charge in [0, 0.05) is 25.1 Å². The van der Waals surface area contributed by atoms with Crippen LogP contribution in [0, 0.1) is 5.82 Å². The third-order valence-electron chi connectivity index (χ3n) is 4.31. The predicted octanol–water partition coefficient (Wildman–Crippen LogP) is 2.11. The number of amides is 2. The van der Waals surface area contributed by atoms with Crippen LogP contribution in [0.15, 0.2) is 42.5 Å². The second-order valence-electron chi connectivity index (χ2n) is 6.14. The molecule has 0 saturated carbocycles. The Morgan fingerprint density at radius 3 is 2.54 bits per heavy atom. The van der Waals surface area contributed by atoms with Gasteiger partial charge in [0.15, 0.2) is 11.5 Å². The van der Waals surface area contributed by atoms with E-state index < -0.39 is 11.9 Å². The SMILES string of the molecule is CN(C(=O)c1ccc2c(c1)OCO2)[C@H](CC(N)=O)Cc1ccc(F)cc1. The van der Waals surface area contributed by atoms with Crippen LogP contribution in [0.3, 0.4) is 0 Å². The maximum absolute atomic E-state index is 13.1. The largest absolute Gasteiger partial charge is 0.454 e. The monoisotopic (exact) mass is 358 g/mol. The molecule has 26 heavy (non-hydrogen) atoms. The molecule has 0 unspecified atom stereocenters. The average Bonchev–Trinajstić information content (AvgIpc) is 3.09. The summed E-state index contributed by atoms with van der Waals surface area (Å²) in [5, 5.41) is 0. The maximum Gasteiger partial charge on any atom is 0.254 e. The molecule has 1 aliphatic rings. The van der Waals surface area contributed by atoms with Gasteiger partial charge in [0.25, 0.3) is 5.91 Å². The van der Waals surface area contributed by atoms with E-state index >= 15 is 0 Å². The molecular formula is C19H19FN2O4. The van der Waals surface area contributed by atoms with Crippen LogP contribution in [0.5, 0.6) is 11.5 Å². The van der Waals surface area contributed by atoms with E-state index in [2.05, 4.69) is 0 Å². The lowest BCUT2D eigenvalue weighted by atomic mass is 10.0. The first-order valence-corrected chi connectivity index (χ1v) is 8.13. The number of nitrogens with zero attached hydrogens (tertiary/aromatic N) is 1. The van der Waals surface area contributed by atoms with Crippen molar-refractivity contribution in [3.05, 3.63) is 59.4 Å². The number of carbonyl (C=O) groups excluding carboxylic acids is 2. The van der Waals surface area contributed by atoms with Gasteiger partial charge >= 0.3 is 0 Å². The van der Waals surface area contributed by atoms with Gasteiger partial charge in [-0.15, -0.1) is 0 Å². The lowest BCUT2D eigenvalue weighted by Crippen LogP contribution is -2.41. The van der Waals surface area contributed by atoms with Gasteiger partial charge in [-0.05, 0) is 42.3 Å². The summed E-state index contributed by atoms with van der Waals surface area (Å²) < 4.78 is 23.6. The summed E-state index contributed by atoms with van der Waals surface area (Å²) in [7, 11) is 1.62. The first-order chi connectivity index (χ1) is 12.4. The van der Waals surface area contributed by atoms with Gasteiger partial charge in [-0.1, -0.05) is 12.1 Å². The third kappa shape index (κ3) is 3.93. The van der Waals surface area contributed by atoms with Gasteiger partial charge < -0.3 is 20.1 Å². The van der Waals surface area contributed by atoms with Crippen molar-refractivity contribution in [2.45, 2.75) is 18.9 Å². The van der Waals surface area contributed by atoms with Crippen molar-refractivity contribution in [1.29, 1.82) is 0 Å². The predicted molar refractivity (Wildman–Crippen MR) is 92.4 cm³/mol. The first kappa shape index (κ1) is 17.7. The standard InChI is InChI=1S/C19H19FN2O4/c1-22(19(24)13-4-7-16-17(9-13)26-11-25-16)15(10-18(21)23)8-12-2-5-14(20)6-3-12/h2-7,9,15H,8,10-11H2,1H3,(H2,21,23)/t15-/m0/s1. The number of benzene rings is 2. The molecule has 0 spiro atoms. The molecule has 2 N–H and O–H groups in total. The third-order valence-corrected chi connectivity index (χ3v) is 4.31. The number of halogens is 1. The number of ether oxygens (including phenoxy) is 2. The fraction of sp³-hybridized carbons (Fsp3) is 0.263. The van der Waals surface area contributed by atoms with Crippen LogP contribution < -0.4 is 15.2 Å². The van der Waals surface area contributed by atoms with Crippen molar-refractivity contribution in [3.63, 3.8) is 0 Å². The van der Waals surface area contributed by atoms with Gasteiger partial charge in [0.2, 0.25) is 12.7 Å². The van der Waals surface area contributed by atoms with E-state index in [0.29, 0.717) is 23.5 Å². The molecule has 0 saturated heterocycles. The Morgan fingerprint density at radius 2 is 1.85 bits per heavy atom. The number of carbonyl (C=O) groups is 2. The number of fused-ring (bicyclic) bond motifs is 1. The lowest BCUT2D eigenvalue weighted by Gasteiger charge is -2.28. The molecule has 0 bridgehead atoms. The fourth-order valence-electron chi connectivity index (χ4n) is 2.87. The zero-order valence-electron chi connectivity index (χ0n) is 14.3. The molecule has 2 amide bonds. The van der Waals surface area contributed by atoms with E-state index in [4.69, 9.17) is 15.2 Å². The summed E-state index contributed by atoms with van der Waals surface area (Å²) in [4.78, 5) is 25.8. The van der Waals surface area contributed by atoms with E-state index in [0.717, 1.165) is 5.56 Å². The van der Waals surface area contributed by atoms with Crippen molar-refractivity contribution >= 4 is 11.8 Å². The number of hydrogen-bond acceptors (Lipinski definition) is 4. The van der Waals surface area contributed by atoms with Crippen LogP contribution in [0.2, 0.25) is 0 Å². The van der Waals surface area contributed by atoms with Crippen LogP contribution >= 0.6 is 0 Å². The molecule has 0 aliphatic carbocycles. The molecule has 7 heteroatoms. The number of primary amides is 1. The number of likely N-dealkylation sites (N-methyl/N-ethyl adjacent to an activating group) is 1. The fourth-order valence-corrected chi connectivity index (χ4v) is 2.87. The van der Waals surface area contributed by atoms with Gasteiger partial charge in [-0.3, -0.25) is 9.59 Å². The number of rotatable bonds is 6. The van der Waals surface area contributed by atoms with Crippen LogP contribution in [0.25, 0.3) is 0 Å². The topological polar surface area (TPSA) is 81.9 Å². The van der Waals surface area contributed by atoms with E-state index in [9.17, 15) is 14.0 Å². The molecule has 3 rings (SSSR count). The van der Waals surface area contributed by atoms with Gasteiger partial charge in [-0.25, -0.2) is 4.39 Å². The van der Waals surface area contributed by atoms with Gasteiger partial charge in [0.1, 0.15) is 5.82 Å². The quantitative estimate of drug-likeness (QED) is 0.857. The van der Waals surface area contributed by atoms with Gasteiger partial charge in [0.05, 0.1) is 0 Å². The molecular weight excluding hydrogens is 339 g/mol. The Morgan fingerprint density at radius 1 is 1.15 bits per heavy atom. The molecule has 1 heterocycles. The summed E-state index contributed by atoms with van der Waals surface area (Å²) in [6.45, 7) is 0.123. The Kier molecular flexibility index (Phi) is 5.06. The minimum Gasteiger partial charge on any atom is -0.454 e. The molecule has 0 fully saturated rings. The van der Waals surface area contributed by atoms with Crippen LogP contribution in [-0.2, 0) is 11.2 Å². The van der Waals surface area contributed by atoms with Crippen LogP contribution in [0.4, 0.5) is 4.39 Å². The summed E-state index contributed by atoms with van der Waals surface area (Å²) in [6, 6.07) is 10.4. The van der Waals surface area contributed by atoms with Crippen molar-refractivity contribution in [3.8, 4) is 11.5 Å². The zero-order chi connectivity index (χ0) is 18.7. The lowest BCUT2D eigenvalue weighted by molar-refractivity contribution is -0.118. The maximum atomic E-state index is 13.1. The van der Waals surface area contributed by atoms with E-state index in [-0.39, 0.29) is 24.9 Å². The molecule has 2 aromatic carbocycles. The highest BCUT2D eigenvalue weighted by Crippen LogP contribution is 2.33. The number of hydrogen-bond donors (Lipinski definition) is 1. The molecule has 1 atom stereocenters. The van der Waals surface area contributed by atoms with E-state index in [1.54, 1.807) is 37.4 Å². The summed E-state index contributed by atoms with van der Waals surface area (Å²) in [5.74, 6) is -0.0254. The molecule has 0 aromatic heterocycles. The highest BCUT2D eigenvalue weighted by atomic mass is 19.1. The van der Waals surface area contributed by atoms with Crippen molar-refractivity contribution < 1.29 is 23.5 Å². The molecule has 6 nitrogen and oxygen atoms in total. The summed E-state index contributed by atoms with van der Waals surface area (Å²) in [6.07, 6.45) is 0.389. The molecule has 0 radical (unpaired) electrons. The second kappa shape index (κ2) is 7.43. The summed E-state index contributed by atoms with van der Waals surface area (Å²) >= 11 is 0. The number of nitrogens with two attached hydrogens (primary N) is 1. The van der Waals surface area contributed by atoms with Crippen LogP contribution in [0.1, 0.15) is 22.3 Å². The van der Waals surface area contributed by atoms with Crippen molar-refractivity contribution in [2.24, 2.45) is 5.73 Å². The zero-order valence-corrected chi connectivity index (χ0v) is 14.3. The Labute approximate surface area is 150 Å². The van der Waals surface area contributed by atoms with E-state index in [1.165, 1.54) is 17.0 Å². The van der Waals surface area contributed by atoms with Gasteiger partial charge in [-0.2, -0.15) is 0 Å². The normalized spacial score (nSPS) is 13.3. The minimum absolute atomic E-state index is 0.00414. The Bertz CT molecular complexity index is 823. The Balaban J connectivity index is 1.79. The highest BCUT2D eigenvalue weighted by molar-refractivity contribution is 5.95. The van der Waals surface area contributed by atoms with Crippen molar-refractivity contribution in [2.75, 3.05) is 13.8 Å². The van der Waals surface area contributed by atoms with Crippen LogP contribution in [-0.4, -0.2) is 36.6 Å². The van der Waals surface area contributed by atoms with Crippen molar-refractivity contribution in [1.82, 2.24) is 4.90 Å². The molecule has 1 aliphatic heterocycles. The first-order valence-electron chi connectivity index (χ1n) is 8.13. The smallest absolute Gasteiger partial charge is 0.254 e. The molecule has 136 valence electrons. The van der Waals surface area contributed by atoms with E-state index in [1.807, 2.05) is 0 Å². The highest BCUT2D eigenvalue weighted by Gasteiger charge is 2.25. The summed E-state index contributed by atoms with van der Waals surface area (Å²) in [5.41, 5.74) is 6.58. The minimum atomic E-state index is -0.512. The Hall–Kier alpha value is -3.09. The second-order valence-corrected chi connectivity index (χ2v) is 6.14. The molecule has 2 aromatic rings.